The summed E-state index contributed by atoms with van der Waals surface area (Å²) in [6.07, 6.45) is 0. The van der Waals surface area contributed by atoms with Crippen molar-refractivity contribution in [2.75, 3.05) is 0 Å². The molecule has 0 aliphatic rings. The van der Waals surface area contributed by atoms with E-state index >= 15 is 0 Å². The van der Waals surface area contributed by atoms with Crippen LogP contribution >= 0.6 is 0 Å². The molecule has 0 amide bonds. The standard InChI is InChI=1S/C2H6.4CH3.V.W.Y/c1-2;;;;;;;/h1-2H3;4*1H3;;;/q;4*-1;2*+2;. The minimum atomic E-state index is 0. The molecule has 0 aromatic carbocycles. The van der Waals surface area contributed by atoms with Crippen LogP contribution in [0, 0.1) is 29.7 Å². The molecule has 0 N–H and O–H groups in total. The van der Waals surface area contributed by atoms with Gasteiger partial charge in [0, 0.05) is 32.7 Å². The molecule has 56 valence electrons. The zero-order chi connectivity index (χ0) is 2.00. The van der Waals surface area contributed by atoms with Crippen molar-refractivity contribution in [3.05, 3.63) is 29.7 Å². The molecule has 0 saturated heterocycles. The minimum absolute atomic E-state index is 0. The maximum absolute atomic E-state index is 2.00. The maximum Gasteiger partial charge on any atom is 2.00 e. The van der Waals surface area contributed by atoms with Crippen LogP contribution in [0.25, 0.3) is 0 Å². The van der Waals surface area contributed by atoms with Gasteiger partial charge in [-0.05, 0) is 0 Å². The largest absolute Gasteiger partial charge is 2.00 e. The fourth-order valence-electron chi connectivity index (χ4n) is 0. The Labute approximate surface area is 114 Å². The van der Waals surface area contributed by atoms with Crippen LogP contribution in [-0.4, -0.2) is 0 Å². The third kappa shape index (κ3) is 129. The van der Waals surface area contributed by atoms with Gasteiger partial charge in [-0.25, -0.2) is 0 Å². The van der Waals surface area contributed by atoms with Crippen LogP contribution in [-0.2, 0) is 72.3 Å². The summed E-state index contributed by atoms with van der Waals surface area (Å²) in [4.78, 5) is 0. The van der Waals surface area contributed by atoms with Gasteiger partial charge >= 0.3 is 39.6 Å². The topological polar surface area (TPSA) is 0 Å². The van der Waals surface area contributed by atoms with Crippen molar-refractivity contribution in [1.82, 2.24) is 0 Å². The molecule has 3 heteroatoms. The minimum Gasteiger partial charge on any atom is -0.358 e. The maximum atomic E-state index is 2.00. The van der Waals surface area contributed by atoms with Gasteiger partial charge in [0.15, 0.2) is 0 Å². The summed E-state index contributed by atoms with van der Waals surface area (Å²) in [6, 6.07) is 0. The molecule has 0 aliphatic heterocycles. The number of hydrogen-bond donors (Lipinski definition) is 0. The van der Waals surface area contributed by atoms with Gasteiger partial charge in [-0.1, -0.05) is 13.8 Å². The Morgan fingerprint density at radius 1 is 0.667 bits per heavy atom. The molecule has 0 heterocycles. The summed E-state index contributed by atoms with van der Waals surface area (Å²) in [5.41, 5.74) is 0. The Bertz CT molecular complexity index is 13.0. The van der Waals surface area contributed by atoms with Crippen molar-refractivity contribution >= 4 is 0 Å². The quantitative estimate of drug-likeness (QED) is 0.536. The Morgan fingerprint density at radius 3 is 0.667 bits per heavy atom. The van der Waals surface area contributed by atoms with E-state index in [0.717, 1.165) is 0 Å². The predicted molar refractivity (Wildman–Crippen MR) is 37.0 cm³/mol. The van der Waals surface area contributed by atoms with Crippen LogP contribution in [0.1, 0.15) is 13.8 Å². The monoisotopic (exact) mass is 414 g/mol. The molecule has 0 saturated carbocycles. The van der Waals surface area contributed by atoms with E-state index in [9.17, 15) is 0 Å². The Kier molecular flexibility index (Phi) is 1930. The molecule has 0 aromatic heterocycles. The van der Waals surface area contributed by atoms with Crippen molar-refractivity contribution < 1.29 is 72.3 Å². The summed E-state index contributed by atoms with van der Waals surface area (Å²) < 4.78 is 0. The van der Waals surface area contributed by atoms with Crippen molar-refractivity contribution in [1.29, 1.82) is 0 Å². The first-order valence-electron chi connectivity index (χ1n) is 1.00. The van der Waals surface area contributed by atoms with Crippen molar-refractivity contribution in [2.24, 2.45) is 0 Å². The molecular weight excluding hydrogens is 396 g/mol. The average molecular weight is 414 g/mol. The molecule has 0 bridgehead atoms. The molecule has 0 spiro atoms. The zero-order valence-corrected chi connectivity index (χ0v) is 14.6. The van der Waals surface area contributed by atoms with Crippen LogP contribution in [0.2, 0.25) is 0 Å². The molecule has 0 nitrogen and oxygen atoms in total. The van der Waals surface area contributed by atoms with Crippen LogP contribution < -0.4 is 0 Å². The first kappa shape index (κ1) is 107. The second-order valence-electron chi connectivity index (χ2n) is 0. The van der Waals surface area contributed by atoms with E-state index in [2.05, 4.69) is 0 Å². The molecule has 0 rings (SSSR count). The van der Waals surface area contributed by atoms with E-state index in [-0.39, 0.29) is 102 Å². The van der Waals surface area contributed by atoms with Crippen LogP contribution in [0.3, 0.4) is 0 Å². The summed E-state index contributed by atoms with van der Waals surface area (Å²) in [6.45, 7) is 4.00. The van der Waals surface area contributed by atoms with Gasteiger partial charge in [0.05, 0.1) is 0 Å². The van der Waals surface area contributed by atoms with E-state index in [1.807, 2.05) is 13.8 Å². The SMILES string of the molecule is CC.[CH3-].[CH3-].[CH3-].[CH3-].[V+2].[W+2].[Y]. The van der Waals surface area contributed by atoms with E-state index < -0.39 is 0 Å². The third-order valence-electron chi connectivity index (χ3n) is 0. The summed E-state index contributed by atoms with van der Waals surface area (Å²) >= 11 is 0. The van der Waals surface area contributed by atoms with Gasteiger partial charge in [-0.15, -0.1) is 0 Å². The van der Waals surface area contributed by atoms with Gasteiger partial charge in [-0.2, -0.15) is 0 Å². The summed E-state index contributed by atoms with van der Waals surface area (Å²) in [5.74, 6) is 0. The molecule has 0 aromatic rings. The van der Waals surface area contributed by atoms with Crippen LogP contribution in [0.15, 0.2) is 0 Å². The van der Waals surface area contributed by atoms with E-state index in [0.29, 0.717) is 0 Å². The van der Waals surface area contributed by atoms with Gasteiger partial charge < -0.3 is 29.7 Å². The van der Waals surface area contributed by atoms with Gasteiger partial charge in [0.25, 0.3) is 0 Å². The fraction of sp³-hybridized carbons (Fsp3) is 0.333. The number of rotatable bonds is 0. The average Bonchev–Trinajstić information content (AvgIpc) is 1.00. The molecule has 9 heavy (non-hydrogen) atoms. The molecule has 2 radical (unpaired) electrons. The van der Waals surface area contributed by atoms with E-state index in [4.69, 9.17) is 0 Å². The van der Waals surface area contributed by atoms with Crippen molar-refractivity contribution in [3.8, 4) is 0 Å². The fourth-order valence-corrected chi connectivity index (χ4v) is 0. The molecule has 0 unspecified atom stereocenters. The van der Waals surface area contributed by atoms with Gasteiger partial charge in [-0.3, -0.25) is 0 Å². The smallest absolute Gasteiger partial charge is 0.358 e. The van der Waals surface area contributed by atoms with Gasteiger partial charge in [0.2, 0.25) is 0 Å². The normalized spacial score (nSPS) is 0.667. The molecule has 0 atom stereocenters. The van der Waals surface area contributed by atoms with Gasteiger partial charge in [0.1, 0.15) is 0 Å². The molecule has 0 fully saturated rings. The van der Waals surface area contributed by atoms with E-state index in [1.54, 1.807) is 0 Å². The zero-order valence-electron chi connectivity index (χ0n) is 7.43. The first-order chi connectivity index (χ1) is 1.00. The Balaban J connectivity index is -0.000000000238. The Hall–Kier alpha value is 2.38. The van der Waals surface area contributed by atoms with Crippen LogP contribution in [0.5, 0.6) is 0 Å². The summed E-state index contributed by atoms with van der Waals surface area (Å²) in [5, 5.41) is 0. The molecular formula is C6H18VWY. The predicted octanol–water partition coefficient (Wildman–Crippen LogP) is 2.82. The molecule has 0 aliphatic carbocycles. The Morgan fingerprint density at radius 2 is 0.667 bits per heavy atom. The van der Waals surface area contributed by atoms with Crippen molar-refractivity contribution in [3.63, 3.8) is 0 Å². The van der Waals surface area contributed by atoms with Crippen molar-refractivity contribution in [2.45, 2.75) is 13.8 Å². The van der Waals surface area contributed by atoms with E-state index in [1.165, 1.54) is 0 Å². The third-order valence-corrected chi connectivity index (χ3v) is 0. The second kappa shape index (κ2) is 162. The van der Waals surface area contributed by atoms with Crippen LogP contribution in [0.4, 0.5) is 0 Å². The number of hydrogen-bond acceptors (Lipinski definition) is 0. The summed E-state index contributed by atoms with van der Waals surface area (Å²) in [7, 11) is 0. The first-order valence-corrected chi connectivity index (χ1v) is 1.00. The second-order valence-corrected chi connectivity index (χ2v) is 0.